The fourth-order valence-corrected chi connectivity index (χ4v) is 2.45. The molecule has 0 unspecified atom stereocenters. The monoisotopic (exact) mass is 302 g/mol. The molecule has 8 heteroatoms. The average molecular weight is 302 g/mol. The molecule has 116 valence electrons. The van der Waals surface area contributed by atoms with Crippen molar-refractivity contribution in [2.45, 2.75) is 26.2 Å². The molecule has 0 radical (unpaired) electrons. The first-order chi connectivity index (χ1) is 10.7. The first-order valence-electron chi connectivity index (χ1n) is 7.36. The normalized spacial score (nSPS) is 14.6. The number of hydrogen-bond acceptors (Lipinski definition) is 7. The number of nitrogens with one attached hydrogen (secondary N) is 1. The molecule has 3 heterocycles. The topological polar surface area (TPSA) is 97.0 Å². The molecule has 8 nitrogen and oxygen atoms in total. The van der Waals surface area contributed by atoms with Crippen LogP contribution in [0.15, 0.2) is 17.0 Å². The molecule has 0 bridgehead atoms. The minimum absolute atomic E-state index is 0.254. The van der Waals surface area contributed by atoms with Gasteiger partial charge in [-0.15, -0.1) is 0 Å². The van der Waals surface area contributed by atoms with Gasteiger partial charge < -0.3 is 14.7 Å². The predicted molar refractivity (Wildman–Crippen MR) is 79.0 cm³/mol. The summed E-state index contributed by atoms with van der Waals surface area (Å²) in [5.74, 6) is 1.88. The highest BCUT2D eigenvalue weighted by Gasteiger charge is 2.19. The molecule has 1 saturated heterocycles. The first-order valence-corrected chi connectivity index (χ1v) is 7.36. The van der Waals surface area contributed by atoms with Crippen molar-refractivity contribution >= 4 is 11.7 Å². The van der Waals surface area contributed by atoms with E-state index in [2.05, 4.69) is 25.4 Å². The Morgan fingerprint density at radius 2 is 2.36 bits per heavy atom. The van der Waals surface area contributed by atoms with Gasteiger partial charge in [-0.1, -0.05) is 5.16 Å². The highest BCUT2D eigenvalue weighted by molar-refractivity contribution is 5.78. The zero-order chi connectivity index (χ0) is 15.4. The van der Waals surface area contributed by atoms with Gasteiger partial charge in [0.25, 0.3) is 5.89 Å². The predicted octanol–water partition coefficient (Wildman–Crippen LogP) is 1.26. The van der Waals surface area contributed by atoms with Crippen LogP contribution in [0.2, 0.25) is 0 Å². The molecule has 0 spiro atoms. The van der Waals surface area contributed by atoms with E-state index in [0.717, 1.165) is 25.9 Å². The van der Waals surface area contributed by atoms with Crippen LogP contribution in [-0.2, 0) is 4.79 Å². The number of anilines is 1. The van der Waals surface area contributed by atoms with Crippen molar-refractivity contribution in [2.24, 2.45) is 0 Å². The van der Waals surface area contributed by atoms with Crippen LogP contribution in [0.4, 0.5) is 5.82 Å². The summed E-state index contributed by atoms with van der Waals surface area (Å²) in [7, 11) is 0. The van der Waals surface area contributed by atoms with Crippen molar-refractivity contribution in [3.63, 3.8) is 0 Å². The highest BCUT2D eigenvalue weighted by atomic mass is 16.5. The maximum atomic E-state index is 11.5. The van der Waals surface area contributed by atoms with Crippen molar-refractivity contribution in [1.82, 2.24) is 25.0 Å². The van der Waals surface area contributed by atoms with Crippen LogP contribution in [0.1, 0.15) is 25.1 Å². The molecule has 0 aromatic carbocycles. The molecule has 1 fully saturated rings. The zero-order valence-electron chi connectivity index (χ0n) is 12.4. The lowest BCUT2D eigenvalue weighted by Crippen LogP contribution is -2.27. The molecule has 0 aliphatic carbocycles. The van der Waals surface area contributed by atoms with Gasteiger partial charge in [-0.3, -0.25) is 4.79 Å². The number of carbonyl (C=O) groups excluding carboxylic acids is 1. The third-order valence-electron chi connectivity index (χ3n) is 3.54. The smallest absolute Gasteiger partial charge is 0.263 e. The Morgan fingerprint density at radius 1 is 1.45 bits per heavy atom. The molecule has 22 heavy (non-hydrogen) atoms. The molecule has 1 N–H and O–H groups in total. The summed E-state index contributed by atoms with van der Waals surface area (Å²) < 4.78 is 5.16. The molecule has 0 saturated carbocycles. The number of aromatic nitrogens is 4. The highest BCUT2D eigenvalue weighted by Crippen LogP contribution is 2.23. The zero-order valence-corrected chi connectivity index (χ0v) is 12.4. The van der Waals surface area contributed by atoms with Crippen molar-refractivity contribution in [1.29, 1.82) is 0 Å². The van der Waals surface area contributed by atoms with E-state index >= 15 is 0 Å². The van der Waals surface area contributed by atoms with Crippen LogP contribution < -0.4 is 5.32 Å². The van der Waals surface area contributed by atoms with Crippen LogP contribution >= 0.6 is 0 Å². The Kier molecular flexibility index (Phi) is 4.27. The second-order valence-electron chi connectivity index (χ2n) is 5.20. The van der Waals surface area contributed by atoms with E-state index in [1.54, 1.807) is 13.1 Å². The van der Waals surface area contributed by atoms with E-state index < -0.39 is 0 Å². The van der Waals surface area contributed by atoms with E-state index in [1.165, 1.54) is 6.33 Å². The summed E-state index contributed by atoms with van der Waals surface area (Å²) in [6, 6.07) is 0. The summed E-state index contributed by atoms with van der Waals surface area (Å²) in [6.45, 7) is 4.11. The number of carbonyl (C=O) groups is 1. The Balaban J connectivity index is 1.57. The van der Waals surface area contributed by atoms with Gasteiger partial charge in [-0.2, -0.15) is 4.98 Å². The number of likely N-dealkylation sites (tertiary alicyclic amines) is 1. The van der Waals surface area contributed by atoms with E-state index in [0.29, 0.717) is 36.1 Å². The average Bonchev–Trinajstić information content (AvgIpc) is 3.13. The fraction of sp³-hybridized carbons (Fsp3) is 0.500. The quantitative estimate of drug-likeness (QED) is 0.802. The number of hydrogen-bond donors (Lipinski definition) is 1. The molecule has 2 aromatic rings. The van der Waals surface area contributed by atoms with Crippen molar-refractivity contribution in [3.8, 4) is 11.5 Å². The van der Waals surface area contributed by atoms with E-state index in [1.807, 2.05) is 4.90 Å². The number of amides is 1. The summed E-state index contributed by atoms with van der Waals surface area (Å²) >= 11 is 0. The summed E-state index contributed by atoms with van der Waals surface area (Å²) in [5.41, 5.74) is 0.681. The summed E-state index contributed by atoms with van der Waals surface area (Å²) in [5, 5.41) is 7.02. The largest absolute Gasteiger partial charge is 0.369 e. The van der Waals surface area contributed by atoms with Crippen molar-refractivity contribution in [3.05, 3.63) is 18.3 Å². The van der Waals surface area contributed by atoms with Crippen molar-refractivity contribution in [2.75, 3.05) is 25.0 Å². The maximum Gasteiger partial charge on any atom is 0.263 e. The van der Waals surface area contributed by atoms with Crippen LogP contribution in [0.5, 0.6) is 0 Å². The van der Waals surface area contributed by atoms with Crippen LogP contribution in [-0.4, -0.2) is 50.5 Å². The molecule has 1 amide bonds. The summed E-state index contributed by atoms with van der Waals surface area (Å²) in [6.07, 6.45) is 5.63. The van der Waals surface area contributed by atoms with Gasteiger partial charge in [0, 0.05) is 32.3 Å². The molecule has 1 aliphatic heterocycles. The van der Waals surface area contributed by atoms with E-state index in [9.17, 15) is 4.79 Å². The van der Waals surface area contributed by atoms with E-state index in [-0.39, 0.29) is 5.91 Å². The van der Waals surface area contributed by atoms with Crippen LogP contribution in [0.3, 0.4) is 0 Å². The van der Waals surface area contributed by atoms with Gasteiger partial charge >= 0.3 is 0 Å². The van der Waals surface area contributed by atoms with Gasteiger partial charge in [0.15, 0.2) is 5.82 Å². The minimum Gasteiger partial charge on any atom is -0.369 e. The molecular formula is C14H18N6O2. The molecule has 3 rings (SSSR count). The first kappa shape index (κ1) is 14.4. The van der Waals surface area contributed by atoms with Crippen LogP contribution in [0, 0.1) is 6.92 Å². The second kappa shape index (κ2) is 6.50. The number of aryl methyl sites for hydroxylation is 1. The van der Waals surface area contributed by atoms with Gasteiger partial charge in [-0.25, -0.2) is 9.97 Å². The fourth-order valence-electron chi connectivity index (χ4n) is 2.45. The Labute approximate surface area is 127 Å². The lowest BCUT2D eigenvalue weighted by atomic mass is 10.3. The SMILES string of the molecule is Cc1noc(-c2cncnc2NCCCN2CCCC2=O)n1. The summed E-state index contributed by atoms with van der Waals surface area (Å²) in [4.78, 5) is 25.9. The van der Waals surface area contributed by atoms with Gasteiger partial charge in [0.2, 0.25) is 5.91 Å². The molecule has 2 aromatic heterocycles. The Morgan fingerprint density at radius 3 is 3.09 bits per heavy atom. The minimum atomic E-state index is 0.254. The standard InChI is InChI=1S/C14H18N6O2/c1-10-18-14(22-19-10)11-8-15-9-17-13(11)16-5-3-7-20-6-2-4-12(20)21/h8-9H,2-7H2,1H3,(H,15,16,17). The van der Waals surface area contributed by atoms with Gasteiger partial charge in [0.05, 0.1) is 0 Å². The maximum absolute atomic E-state index is 11.5. The molecular weight excluding hydrogens is 284 g/mol. The second-order valence-corrected chi connectivity index (χ2v) is 5.20. The van der Waals surface area contributed by atoms with Crippen molar-refractivity contribution < 1.29 is 9.32 Å². The van der Waals surface area contributed by atoms with E-state index in [4.69, 9.17) is 4.52 Å². The number of rotatable bonds is 6. The Hall–Kier alpha value is -2.51. The lowest BCUT2D eigenvalue weighted by Gasteiger charge is -2.15. The molecule has 0 atom stereocenters. The third-order valence-corrected chi connectivity index (χ3v) is 3.54. The Bertz CT molecular complexity index is 656. The van der Waals surface area contributed by atoms with Gasteiger partial charge in [0.1, 0.15) is 17.7 Å². The number of nitrogens with zero attached hydrogens (tertiary/aromatic N) is 5. The lowest BCUT2D eigenvalue weighted by molar-refractivity contribution is -0.127. The molecule has 1 aliphatic rings. The van der Waals surface area contributed by atoms with Crippen LogP contribution in [0.25, 0.3) is 11.5 Å². The third kappa shape index (κ3) is 3.21. The van der Waals surface area contributed by atoms with Gasteiger partial charge in [-0.05, 0) is 19.8 Å².